The zero-order valence-electron chi connectivity index (χ0n) is 9.17. The Kier molecular flexibility index (Phi) is 177. The van der Waals surface area contributed by atoms with E-state index >= 15 is 0 Å². The van der Waals surface area contributed by atoms with Crippen molar-refractivity contribution in [2.45, 2.75) is 0 Å². The number of hydrogen-bond acceptors (Lipinski definition) is 6. The van der Waals surface area contributed by atoms with E-state index in [2.05, 4.69) is 0 Å². The van der Waals surface area contributed by atoms with E-state index in [1.807, 2.05) is 0 Å². The van der Waals surface area contributed by atoms with Crippen molar-refractivity contribution in [3.05, 3.63) is 0 Å². The summed E-state index contributed by atoms with van der Waals surface area (Å²) in [5.74, 6) is 0. The molecule has 0 heterocycles. The third kappa shape index (κ3) is 132. The van der Waals surface area contributed by atoms with Gasteiger partial charge in [0.2, 0.25) is 0 Å². The smallest absolute Gasteiger partial charge is 1.00 e. The number of halogens is 3. The van der Waals surface area contributed by atoms with Crippen molar-refractivity contribution in [1.82, 2.24) is 0 Å². The molecule has 108 valence electrons. The predicted octanol–water partition coefficient (Wildman–Crippen LogP) is -12.3. The van der Waals surface area contributed by atoms with Crippen LogP contribution in [0.15, 0.2) is 0 Å². The van der Waals surface area contributed by atoms with Gasteiger partial charge >= 0.3 is 16.8 Å². The number of rotatable bonds is 3. The van der Waals surface area contributed by atoms with E-state index in [1.165, 1.54) is 0 Å². The second kappa shape index (κ2) is 66.1. The van der Waals surface area contributed by atoms with Crippen molar-refractivity contribution >= 4 is 0 Å². The third-order valence-electron chi connectivity index (χ3n) is 0.500. The Morgan fingerprint density at radius 1 is 0.375 bits per heavy atom. The molecule has 0 saturated heterocycles. The molecule has 0 radical (unpaired) electrons. The van der Waals surface area contributed by atoms with Gasteiger partial charge in [-0.15, -0.1) is 0 Å². The van der Waals surface area contributed by atoms with Crippen molar-refractivity contribution in [1.29, 1.82) is 0 Å². The average Bonchev–Trinajstić information content (AvgIpc) is 2.18. The van der Waals surface area contributed by atoms with Crippen molar-refractivity contribution in [2.24, 2.45) is 34.4 Å². The molecule has 12 N–H and O–H groups in total. The van der Waals surface area contributed by atoms with Gasteiger partial charge in [0.1, 0.15) is 0 Å². The summed E-state index contributed by atoms with van der Waals surface area (Å²) < 4.78 is 0. The molecule has 16 heavy (non-hydrogen) atoms. The molecular formula is C6H24CoI3N6. The monoisotopic (exact) mass is 620 g/mol. The fourth-order valence-corrected chi connectivity index (χ4v) is 0. The Bertz CT molecular complexity index is 43.7. The van der Waals surface area contributed by atoms with Crippen LogP contribution in [0.5, 0.6) is 0 Å². The Balaban J connectivity index is -0.0000000135. The molecule has 0 aliphatic rings. The Labute approximate surface area is 160 Å². The average molecular weight is 620 g/mol. The molecule has 6 nitrogen and oxygen atoms in total. The molecule has 0 fully saturated rings. The summed E-state index contributed by atoms with van der Waals surface area (Å²) in [4.78, 5) is 0. The molecule has 0 aliphatic carbocycles. The third-order valence-corrected chi connectivity index (χ3v) is 0.500. The first-order valence-corrected chi connectivity index (χ1v) is 3.95. The van der Waals surface area contributed by atoms with Gasteiger partial charge in [-0.2, -0.15) is 0 Å². The molecule has 0 saturated carbocycles. The maximum Gasteiger partial charge on any atom is 3.00 e. The number of nitrogens with two attached hydrogens (primary N) is 6. The fraction of sp³-hybridized carbons (Fsp3) is 1.00. The van der Waals surface area contributed by atoms with Crippen LogP contribution in [0.25, 0.3) is 0 Å². The first kappa shape index (κ1) is 42.9. The van der Waals surface area contributed by atoms with Gasteiger partial charge in [0, 0.05) is 39.3 Å². The fourth-order valence-electron chi connectivity index (χ4n) is 0. The molecule has 0 bridgehead atoms. The topological polar surface area (TPSA) is 156 Å². The molecule has 0 spiro atoms. The van der Waals surface area contributed by atoms with E-state index in [1.54, 1.807) is 0 Å². The van der Waals surface area contributed by atoms with Crippen LogP contribution in [0.1, 0.15) is 0 Å². The minimum absolute atomic E-state index is 0. The number of hydrogen-bond donors (Lipinski definition) is 6. The van der Waals surface area contributed by atoms with Crippen molar-refractivity contribution in [3.63, 3.8) is 0 Å². The molecule has 0 aromatic rings. The normalized spacial score (nSPS) is 5.62. The molecule has 0 rings (SSSR count). The van der Waals surface area contributed by atoms with Crippen LogP contribution in [0, 0.1) is 0 Å². The summed E-state index contributed by atoms with van der Waals surface area (Å²) in [7, 11) is 0. The van der Waals surface area contributed by atoms with E-state index in [4.69, 9.17) is 34.4 Å². The maximum atomic E-state index is 4.90. The van der Waals surface area contributed by atoms with Gasteiger partial charge in [-0.1, -0.05) is 0 Å². The molecule has 0 aliphatic heterocycles. The van der Waals surface area contributed by atoms with E-state index in [0.717, 1.165) is 0 Å². The van der Waals surface area contributed by atoms with Crippen LogP contribution in [-0.4, -0.2) is 39.3 Å². The first-order valence-electron chi connectivity index (χ1n) is 3.95. The van der Waals surface area contributed by atoms with Crippen LogP contribution < -0.4 is 106 Å². The summed E-state index contributed by atoms with van der Waals surface area (Å²) in [6.45, 7) is 3.58. The minimum atomic E-state index is 0. The molecular weight excluding hydrogens is 596 g/mol. The predicted molar refractivity (Wildman–Crippen MR) is 54.3 cm³/mol. The second-order valence-corrected chi connectivity index (χ2v) is 1.73. The van der Waals surface area contributed by atoms with E-state index in [9.17, 15) is 0 Å². The van der Waals surface area contributed by atoms with Crippen LogP contribution in [-0.2, 0) is 16.8 Å². The minimum Gasteiger partial charge on any atom is -1.00 e. The van der Waals surface area contributed by atoms with Gasteiger partial charge in [-0.05, 0) is 0 Å². The zero-order chi connectivity index (χ0) is 10.2. The standard InChI is InChI=1S/3C2H8N2.Co.3HI/c3*3-1-2-4;;;;/h3*1-4H2;;3*1H/q;;;+3;;;/p-3. The van der Waals surface area contributed by atoms with Crippen LogP contribution in [0.2, 0.25) is 0 Å². The summed E-state index contributed by atoms with van der Waals surface area (Å²) >= 11 is 0. The molecule has 0 aromatic carbocycles. The molecule has 10 heteroatoms. The van der Waals surface area contributed by atoms with Crippen molar-refractivity contribution in [3.8, 4) is 0 Å². The van der Waals surface area contributed by atoms with E-state index in [0.29, 0.717) is 39.3 Å². The molecule has 0 aromatic heterocycles. The Morgan fingerprint density at radius 2 is 0.438 bits per heavy atom. The second-order valence-electron chi connectivity index (χ2n) is 1.73. The summed E-state index contributed by atoms with van der Waals surface area (Å²) in [6, 6.07) is 0. The summed E-state index contributed by atoms with van der Waals surface area (Å²) in [5.41, 5.74) is 29.4. The van der Waals surface area contributed by atoms with Gasteiger partial charge in [-0.3, -0.25) is 0 Å². The largest absolute Gasteiger partial charge is 3.00 e. The molecule has 0 unspecified atom stereocenters. The van der Waals surface area contributed by atoms with Gasteiger partial charge in [-0.25, -0.2) is 0 Å². The Morgan fingerprint density at radius 3 is 0.438 bits per heavy atom. The van der Waals surface area contributed by atoms with Crippen LogP contribution >= 0.6 is 0 Å². The van der Waals surface area contributed by atoms with Gasteiger partial charge < -0.3 is 106 Å². The van der Waals surface area contributed by atoms with Gasteiger partial charge in [0.25, 0.3) is 0 Å². The summed E-state index contributed by atoms with van der Waals surface area (Å²) in [6.07, 6.45) is 0. The van der Waals surface area contributed by atoms with Gasteiger partial charge in [0.15, 0.2) is 0 Å². The molecule has 0 atom stereocenters. The van der Waals surface area contributed by atoms with Crippen LogP contribution in [0.4, 0.5) is 0 Å². The molecule has 0 amide bonds. The Hall–Kier alpha value is 2.46. The SMILES string of the molecule is NCCN.NCCN.NCCN.[Co+3].[I-].[I-].[I-]. The zero-order valence-corrected chi connectivity index (χ0v) is 16.7. The van der Waals surface area contributed by atoms with Crippen LogP contribution in [0.3, 0.4) is 0 Å². The van der Waals surface area contributed by atoms with Crippen molar-refractivity contribution < 1.29 is 88.7 Å². The first-order chi connectivity index (χ1) is 5.74. The quantitative estimate of drug-likeness (QED) is 0.172. The summed E-state index contributed by atoms with van der Waals surface area (Å²) in [5, 5.41) is 0. The van der Waals surface area contributed by atoms with E-state index < -0.39 is 0 Å². The van der Waals surface area contributed by atoms with E-state index in [-0.39, 0.29) is 88.7 Å². The van der Waals surface area contributed by atoms with Gasteiger partial charge in [0.05, 0.1) is 0 Å². The van der Waals surface area contributed by atoms with Crippen molar-refractivity contribution in [2.75, 3.05) is 39.3 Å². The maximum absolute atomic E-state index is 4.90.